The average molecular weight is 567 g/mol. The van der Waals surface area contributed by atoms with Gasteiger partial charge in [-0.15, -0.1) is 6.42 Å². The summed E-state index contributed by atoms with van der Waals surface area (Å²) in [6.07, 6.45) is 9.64. The molecule has 3 unspecified atom stereocenters. The molecule has 0 saturated carbocycles. The van der Waals surface area contributed by atoms with Gasteiger partial charge in [0, 0.05) is 49.1 Å². The lowest BCUT2D eigenvalue weighted by Gasteiger charge is -2.34. The molecule has 214 valence electrons. The molecule has 4 atom stereocenters. The summed E-state index contributed by atoms with van der Waals surface area (Å²) in [4.78, 5) is 19.3. The fraction of sp³-hybridized carbons (Fsp3) is 0.424. The number of aromatic nitrogens is 3. The molecule has 9 heteroatoms. The van der Waals surface area contributed by atoms with E-state index >= 15 is 0 Å². The number of fused-ring (bicyclic) bond motifs is 5. The Kier molecular flexibility index (Phi) is 6.06. The molecule has 7 nitrogen and oxygen atoms in total. The van der Waals surface area contributed by atoms with Gasteiger partial charge in [-0.05, 0) is 55.8 Å². The number of terminal acetylenes is 1. The molecule has 2 bridgehead atoms. The van der Waals surface area contributed by atoms with E-state index in [4.69, 9.17) is 26.1 Å². The predicted molar refractivity (Wildman–Crippen MR) is 159 cm³/mol. The van der Waals surface area contributed by atoms with Crippen LogP contribution in [0.15, 0.2) is 42.5 Å². The van der Waals surface area contributed by atoms with Gasteiger partial charge in [0.1, 0.15) is 24.4 Å². The number of rotatable bonds is 5. The molecule has 4 aliphatic rings. The normalized spacial score (nSPS) is 27.1. The number of hydrogen-bond donors (Lipinski definition) is 1. The summed E-state index contributed by atoms with van der Waals surface area (Å²) in [7, 11) is 0. The average Bonchev–Trinajstić information content (AvgIpc) is 3.65. The summed E-state index contributed by atoms with van der Waals surface area (Å²) in [6, 6.07) is 13.9. The van der Waals surface area contributed by atoms with Crippen LogP contribution >= 0.6 is 0 Å². The molecule has 0 radical (unpaired) electrons. The van der Waals surface area contributed by atoms with E-state index in [2.05, 4.69) is 21.0 Å². The van der Waals surface area contributed by atoms with Crippen LogP contribution in [0.1, 0.15) is 37.7 Å². The van der Waals surface area contributed by atoms with Gasteiger partial charge in [-0.1, -0.05) is 30.2 Å². The van der Waals surface area contributed by atoms with Crippen LogP contribution in [0.5, 0.6) is 6.01 Å². The van der Waals surface area contributed by atoms with Crippen molar-refractivity contribution in [1.29, 1.82) is 0 Å². The van der Waals surface area contributed by atoms with Crippen molar-refractivity contribution in [2.75, 3.05) is 37.7 Å². The molecule has 0 spiro atoms. The third kappa shape index (κ3) is 4.19. The minimum Gasteiger partial charge on any atom is -0.461 e. The summed E-state index contributed by atoms with van der Waals surface area (Å²) in [5.41, 5.74) is 1.80. The Hall–Kier alpha value is -3.87. The lowest BCUT2D eigenvalue weighted by Crippen LogP contribution is -2.51. The number of hydrogen-bond acceptors (Lipinski definition) is 7. The second-order valence-corrected chi connectivity index (χ2v) is 12.3. The summed E-state index contributed by atoms with van der Waals surface area (Å²) in [5.74, 6) is 2.90. The number of nitrogens with one attached hydrogen (secondary N) is 1. The Bertz CT molecular complexity index is 1740. The molecule has 2 aromatic carbocycles. The molecule has 4 aromatic rings. The number of anilines is 1. The molecule has 4 saturated heterocycles. The number of halogens is 2. The molecule has 6 heterocycles. The van der Waals surface area contributed by atoms with E-state index in [9.17, 15) is 8.78 Å². The van der Waals surface area contributed by atoms with Crippen molar-refractivity contribution in [3.05, 3.63) is 53.8 Å². The molecule has 42 heavy (non-hydrogen) atoms. The fourth-order valence-corrected chi connectivity index (χ4v) is 7.76. The van der Waals surface area contributed by atoms with Crippen molar-refractivity contribution in [2.45, 2.75) is 55.9 Å². The second kappa shape index (κ2) is 9.85. The van der Waals surface area contributed by atoms with Crippen LogP contribution in [0.2, 0.25) is 0 Å². The van der Waals surface area contributed by atoms with Gasteiger partial charge in [-0.2, -0.15) is 9.97 Å². The number of nitrogens with zero attached hydrogens (tertiary/aromatic N) is 5. The molecule has 0 aliphatic carbocycles. The first-order chi connectivity index (χ1) is 20.5. The van der Waals surface area contributed by atoms with Crippen LogP contribution in [-0.4, -0.2) is 76.4 Å². The van der Waals surface area contributed by atoms with E-state index in [1.165, 1.54) is 6.07 Å². The van der Waals surface area contributed by atoms with E-state index in [0.717, 1.165) is 67.5 Å². The SMILES string of the molecule is C#Cc1c(F)ccc2cccc(-c3ccc4c(N5CC6CCC(C5)N6)nc(OCC56CCCN5C[C@H](F)C6)nc4n3)c12. The smallest absolute Gasteiger partial charge is 0.320 e. The molecular formula is C33H32F2N6O. The van der Waals surface area contributed by atoms with Crippen molar-refractivity contribution in [2.24, 2.45) is 0 Å². The standard InChI is InChI=1S/C33H32F2N6O/c1-2-24-27(35)11-7-20-5-3-6-25(29(20)24)28-12-10-26-30(37-28)38-32(39-31(26)40-17-22-8-9-23(18-40)36-22)42-19-33-13-4-14-41(33)16-21(34)15-33/h1,3,5-7,10-12,21-23,36H,4,8-9,13-19H2/t21-,22?,23?,33?/m1/s1. The van der Waals surface area contributed by atoms with Crippen molar-refractivity contribution in [1.82, 2.24) is 25.2 Å². The highest BCUT2D eigenvalue weighted by Crippen LogP contribution is 2.41. The molecule has 0 amide bonds. The van der Waals surface area contributed by atoms with Crippen LogP contribution < -0.4 is 15.0 Å². The highest BCUT2D eigenvalue weighted by Gasteiger charge is 2.49. The number of benzene rings is 2. The predicted octanol–water partition coefficient (Wildman–Crippen LogP) is 4.86. The zero-order valence-corrected chi connectivity index (χ0v) is 23.3. The van der Waals surface area contributed by atoms with Gasteiger partial charge in [-0.3, -0.25) is 4.90 Å². The number of piperazine rings is 1. The Morgan fingerprint density at radius 2 is 1.90 bits per heavy atom. The Labute approximate surface area is 243 Å². The summed E-state index contributed by atoms with van der Waals surface area (Å²) in [5, 5.41) is 6.02. The van der Waals surface area contributed by atoms with Gasteiger partial charge in [-0.25, -0.2) is 13.8 Å². The number of pyridine rings is 1. The molecule has 4 aliphatic heterocycles. The van der Waals surface area contributed by atoms with Gasteiger partial charge >= 0.3 is 6.01 Å². The second-order valence-electron chi connectivity index (χ2n) is 12.3. The maximum atomic E-state index is 14.7. The van der Waals surface area contributed by atoms with E-state index < -0.39 is 12.0 Å². The van der Waals surface area contributed by atoms with Crippen molar-refractivity contribution in [3.63, 3.8) is 0 Å². The van der Waals surface area contributed by atoms with Crippen LogP contribution in [0.25, 0.3) is 33.1 Å². The lowest BCUT2D eigenvalue weighted by atomic mass is 9.95. The fourth-order valence-electron chi connectivity index (χ4n) is 7.76. The van der Waals surface area contributed by atoms with E-state index in [0.29, 0.717) is 48.4 Å². The third-order valence-corrected chi connectivity index (χ3v) is 9.68. The maximum absolute atomic E-state index is 14.7. The van der Waals surface area contributed by atoms with E-state index in [-0.39, 0.29) is 17.1 Å². The van der Waals surface area contributed by atoms with Crippen LogP contribution in [0.4, 0.5) is 14.6 Å². The zero-order valence-electron chi connectivity index (χ0n) is 23.3. The van der Waals surface area contributed by atoms with Crippen LogP contribution in [0.3, 0.4) is 0 Å². The molecule has 8 rings (SSSR count). The summed E-state index contributed by atoms with van der Waals surface area (Å²) < 4.78 is 35.5. The lowest BCUT2D eigenvalue weighted by molar-refractivity contribution is 0.107. The minimum atomic E-state index is -0.832. The Balaban J connectivity index is 1.23. The first-order valence-corrected chi connectivity index (χ1v) is 14.9. The molecular weight excluding hydrogens is 534 g/mol. The van der Waals surface area contributed by atoms with Gasteiger partial charge in [0.05, 0.1) is 22.2 Å². The largest absolute Gasteiger partial charge is 0.461 e. The highest BCUT2D eigenvalue weighted by molar-refractivity contribution is 6.01. The van der Waals surface area contributed by atoms with Crippen molar-refractivity contribution >= 4 is 27.6 Å². The Morgan fingerprint density at radius 3 is 2.74 bits per heavy atom. The summed E-state index contributed by atoms with van der Waals surface area (Å²) in [6.45, 7) is 3.40. The van der Waals surface area contributed by atoms with Gasteiger partial charge in [0.2, 0.25) is 0 Å². The maximum Gasteiger partial charge on any atom is 0.320 e. The van der Waals surface area contributed by atoms with Crippen molar-refractivity contribution < 1.29 is 13.5 Å². The zero-order chi connectivity index (χ0) is 28.4. The van der Waals surface area contributed by atoms with E-state index in [1.54, 1.807) is 6.07 Å². The Morgan fingerprint density at radius 1 is 1.05 bits per heavy atom. The first-order valence-electron chi connectivity index (χ1n) is 14.9. The third-order valence-electron chi connectivity index (χ3n) is 9.68. The topological polar surface area (TPSA) is 66.4 Å². The van der Waals surface area contributed by atoms with Crippen LogP contribution in [-0.2, 0) is 0 Å². The van der Waals surface area contributed by atoms with Gasteiger partial charge in [0.25, 0.3) is 0 Å². The van der Waals surface area contributed by atoms with Crippen LogP contribution in [0, 0.1) is 18.2 Å². The molecule has 2 aromatic heterocycles. The minimum absolute atomic E-state index is 0.219. The van der Waals surface area contributed by atoms with Crippen molar-refractivity contribution in [3.8, 4) is 29.6 Å². The molecule has 4 fully saturated rings. The van der Waals surface area contributed by atoms with Gasteiger partial charge in [0.15, 0.2) is 5.65 Å². The summed E-state index contributed by atoms with van der Waals surface area (Å²) >= 11 is 0. The first kappa shape index (κ1) is 25.8. The number of alkyl halides is 1. The van der Waals surface area contributed by atoms with Gasteiger partial charge < -0.3 is 15.0 Å². The van der Waals surface area contributed by atoms with E-state index in [1.807, 2.05) is 30.3 Å². The number of ether oxygens (including phenoxy) is 1. The molecule has 1 N–H and O–H groups in total. The monoisotopic (exact) mass is 566 g/mol. The highest BCUT2D eigenvalue weighted by atomic mass is 19.1. The quantitative estimate of drug-likeness (QED) is 0.346.